The molecule has 10 rings (SSSR count). The molecule has 0 fully saturated rings. The third-order valence-electron chi connectivity index (χ3n) is 11.6. The van der Waals surface area contributed by atoms with E-state index in [1.807, 2.05) is 0 Å². The van der Waals surface area contributed by atoms with Crippen molar-refractivity contribution in [2.45, 2.75) is 0 Å². The quantitative estimate of drug-likeness (QED) is 0.127. The Bertz CT molecular complexity index is 2550. The van der Waals surface area contributed by atoms with E-state index in [-0.39, 0.29) is 0 Å². The number of pyridine rings is 2. The van der Waals surface area contributed by atoms with Crippen molar-refractivity contribution in [3.63, 3.8) is 0 Å². The fraction of sp³-hybridized carbons (Fsp3) is 0. The van der Waals surface area contributed by atoms with E-state index < -0.39 is 16.1 Å². The topological polar surface area (TPSA) is 30.7 Å². The number of para-hydroxylation sites is 1. The van der Waals surface area contributed by atoms with Gasteiger partial charge in [-0.15, -0.1) is 0 Å². The fourth-order valence-electron chi connectivity index (χ4n) is 9.09. The second-order valence-corrected chi connectivity index (χ2v) is 22.0. The van der Waals surface area contributed by atoms with Gasteiger partial charge >= 0.3 is 0 Å². The minimum Gasteiger partial charge on any atom is -0.309 e. The molecule has 0 aliphatic rings. The first-order valence-electron chi connectivity index (χ1n) is 19.5. The van der Waals surface area contributed by atoms with Gasteiger partial charge in [0.2, 0.25) is 16.1 Å². The van der Waals surface area contributed by atoms with Crippen LogP contribution < -0.4 is 41.8 Å². The third-order valence-corrected chi connectivity index (χ3v) is 20.8. The summed E-state index contributed by atoms with van der Waals surface area (Å²) in [6.45, 7) is 0. The Hall–Kier alpha value is -6.93. The summed E-state index contributed by atoms with van der Waals surface area (Å²) in [4.78, 5) is 11.0. The largest absolute Gasteiger partial charge is 0.309 e. The maximum Gasteiger partial charge on any atom is 0.201 e. The Kier molecular flexibility index (Phi) is 8.86. The lowest BCUT2D eigenvalue weighted by Gasteiger charge is -2.33. The molecule has 7 aromatic carbocycles. The van der Waals surface area contributed by atoms with Gasteiger partial charge < -0.3 is 4.57 Å². The SMILES string of the molecule is c1ccc(-n2c3cc([Si](c4ccccc4)(c4ccccc4)c4ccccc4)ncc3c3cnc([Si](c4ccccc4)(c4ccccc4)c4ccccc4)cc32)cc1. The van der Waals surface area contributed by atoms with Crippen LogP contribution in [-0.4, -0.2) is 30.7 Å². The zero-order valence-electron chi connectivity index (χ0n) is 31.4. The number of benzene rings is 7. The molecule has 5 heteroatoms. The van der Waals surface area contributed by atoms with Crippen molar-refractivity contribution in [3.8, 4) is 5.69 Å². The summed E-state index contributed by atoms with van der Waals surface area (Å²) in [5.74, 6) is 0. The molecule has 0 spiro atoms. The lowest BCUT2D eigenvalue weighted by molar-refractivity contribution is 1.17. The van der Waals surface area contributed by atoms with Crippen LogP contribution >= 0.6 is 0 Å². The highest BCUT2D eigenvalue weighted by Gasteiger charge is 2.45. The number of nitrogens with zero attached hydrogens (tertiary/aromatic N) is 3. The molecule has 0 aliphatic heterocycles. The molecule has 0 saturated carbocycles. The van der Waals surface area contributed by atoms with Crippen LogP contribution in [0.15, 0.2) is 237 Å². The van der Waals surface area contributed by atoms with E-state index >= 15 is 0 Å². The second kappa shape index (κ2) is 14.6. The number of aromatic nitrogens is 3. The highest BCUT2D eigenvalue weighted by Crippen LogP contribution is 2.31. The van der Waals surface area contributed by atoms with Crippen LogP contribution in [0.4, 0.5) is 0 Å². The standard InChI is InChI=1S/C52H39N3Si2/c1-8-22-40(23-9-1)55-49-36-51(56(41-24-10-2-11-25-41,42-26-12-3-13-27-42)43-28-14-4-15-29-43)53-38-47(49)48-39-54-52(37-50(48)55)57(44-30-16-5-17-31-44,45-32-18-6-19-33-45)46-34-20-7-21-35-46/h1-39H. The average Bonchev–Trinajstić information content (AvgIpc) is 3.63. The highest BCUT2D eigenvalue weighted by atomic mass is 28.3. The molecule has 0 radical (unpaired) electrons. The molecule has 0 aliphatic carbocycles. The summed E-state index contributed by atoms with van der Waals surface area (Å²) in [5, 5.41) is 12.1. The summed E-state index contributed by atoms with van der Waals surface area (Å²) in [7, 11) is -5.79. The molecule has 0 amide bonds. The molecule has 3 aromatic heterocycles. The Balaban J connectivity index is 1.32. The molecule has 57 heavy (non-hydrogen) atoms. The minimum absolute atomic E-state index is 1.08. The van der Waals surface area contributed by atoms with Gasteiger partial charge in [-0.05, 0) is 55.4 Å². The number of rotatable bonds is 9. The Morgan fingerprint density at radius 3 is 0.807 bits per heavy atom. The monoisotopic (exact) mass is 761 g/mol. The molecule has 0 atom stereocenters. The smallest absolute Gasteiger partial charge is 0.201 e. The number of hydrogen-bond donors (Lipinski definition) is 0. The van der Waals surface area contributed by atoms with E-state index in [1.165, 1.54) is 31.1 Å². The molecule has 3 heterocycles. The first kappa shape index (κ1) is 34.6. The van der Waals surface area contributed by atoms with Crippen LogP contribution in [0.25, 0.3) is 27.5 Å². The molecular formula is C52H39N3Si2. The van der Waals surface area contributed by atoms with Gasteiger partial charge in [-0.2, -0.15) is 0 Å². The van der Waals surface area contributed by atoms with Gasteiger partial charge in [0.25, 0.3) is 0 Å². The number of hydrogen-bond acceptors (Lipinski definition) is 2. The molecule has 0 unspecified atom stereocenters. The van der Waals surface area contributed by atoms with Crippen molar-refractivity contribution in [2.75, 3.05) is 0 Å². The van der Waals surface area contributed by atoms with Crippen molar-refractivity contribution in [2.24, 2.45) is 0 Å². The van der Waals surface area contributed by atoms with E-state index in [9.17, 15) is 0 Å². The molecular weight excluding hydrogens is 723 g/mol. The van der Waals surface area contributed by atoms with Crippen molar-refractivity contribution >= 4 is 79.7 Å². The molecule has 0 N–H and O–H groups in total. The average molecular weight is 762 g/mol. The Morgan fingerprint density at radius 1 is 0.298 bits per heavy atom. The van der Waals surface area contributed by atoms with Crippen molar-refractivity contribution < 1.29 is 0 Å². The van der Waals surface area contributed by atoms with Gasteiger partial charge in [0.15, 0.2) is 0 Å². The molecule has 0 bridgehead atoms. The zero-order chi connectivity index (χ0) is 38.1. The van der Waals surface area contributed by atoms with Gasteiger partial charge in [0, 0.05) is 39.5 Å². The van der Waals surface area contributed by atoms with Crippen LogP contribution in [0.5, 0.6) is 0 Å². The van der Waals surface area contributed by atoms with E-state index in [0.29, 0.717) is 0 Å². The predicted octanol–water partition coefficient (Wildman–Crippen LogP) is 6.33. The van der Waals surface area contributed by atoms with Crippen molar-refractivity contribution in [1.29, 1.82) is 0 Å². The third kappa shape index (κ3) is 5.62. The minimum atomic E-state index is -2.90. The van der Waals surface area contributed by atoms with E-state index in [4.69, 9.17) is 9.97 Å². The van der Waals surface area contributed by atoms with Gasteiger partial charge in [-0.1, -0.05) is 200 Å². The normalized spacial score (nSPS) is 11.9. The van der Waals surface area contributed by atoms with E-state index in [1.54, 1.807) is 0 Å². The fourth-order valence-corrected chi connectivity index (χ4v) is 18.2. The van der Waals surface area contributed by atoms with Crippen LogP contribution in [0.1, 0.15) is 0 Å². The summed E-state index contributed by atoms with van der Waals surface area (Å²) < 4.78 is 2.45. The van der Waals surface area contributed by atoms with Crippen LogP contribution in [0, 0.1) is 0 Å². The van der Waals surface area contributed by atoms with Crippen molar-refractivity contribution in [3.05, 3.63) is 237 Å². The van der Waals surface area contributed by atoms with Gasteiger partial charge in [-0.25, -0.2) is 0 Å². The summed E-state index contributed by atoms with van der Waals surface area (Å²) in [5.41, 5.74) is 3.34. The van der Waals surface area contributed by atoms with E-state index in [2.05, 4.69) is 241 Å². The van der Waals surface area contributed by atoms with Gasteiger partial charge in [0.05, 0.1) is 11.0 Å². The Morgan fingerprint density at radius 2 is 0.544 bits per heavy atom. The molecule has 10 aromatic rings. The Labute approximate surface area is 335 Å². The summed E-state index contributed by atoms with van der Waals surface area (Å²) in [6.07, 6.45) is 4.22. The molecule has 0 saturated heterocycles. The maximum absolute atomic E-state index is 5.51. The zero-order valence-corrected chi connectivity index (χ0v) is 33.4. The van der Waals surface area contributed by atoms with Crippen LogP contribution in [-0.2, 0) is 0 Å². The summed E-state index contributed by atoms with van der Waals surface area (Å²) in [6, 6.07) is 81.7. The molecule has 270 valence electrons. The molecule has 3 nitrogen and oxygen atoms in total. The highest BCUT2D eigenvalue weighted by molar-refractivity contribution is 7.20. The first-order chi connectivity index (χ1) is 28.3. The lowest BCUT2D eigenvalue weighted by Crippen LogP contribution is -2.75. The number of fused-ring (bicyclic) bond motifs is 3. The van der Waals surface area contributed by atoms with Crippen molar-refractivity contribution in [1.82, 2.24) is 14.5 Å². The van der Waals surface area contributed by atoms with Gasteiger partial charge in [-0.3, -0.25) is 9.97 Å². The lowest BCUT2D eigenvalue weighted by atomic mass is 10.2. The van der Waals surface area contributed by atoms with Crippen LogP contribution in [0.2, 0.25) is 0 Å². The first-order valence-corrected chi connectivity index (χ1v) is 23.5. The maximum atomic E-state index is 5.51. The second-order valence-electron chi connectivity index (χ2n) is 14.5. The van der Waals surface area contributed by atoms with Crippen LogP contribution in [0.3, 0.4) is 0 Å². The summed E-state index contributed by atoms with van der Waals surface area (Å²) >= 11 is 0. The van der Waals surface area contributed by atoms with E-state index in [0.717, 1.165) is 38.1 Å². The van der Waals surface area contributed by atoms with Gasteiger partial charge in [0.1, 0.15) is 0 Å². The predicted molar refractivity (Wildman–Crippen MR) is 244 cm³/mol.